The molecule has 1 aliphatic heterocycles. The maximum atomic E-state index is 11.4. The molecule has 0 radical (unpaired) electrons. The van der Waals surface area contributed by atoms with Gasteiger partial charge in [0.05, 0.1) is 24.6 Å². The largest absolute Gasteiger partial charge is 0.466 e. The van der Waals surface area contributed by atoms with Gasteiger partial charge >= 0.3 is 5.97 Å². The molecular formula is C11H11NO2. The second-order valence-electron chi connectivity index (χ2n) is 3.31. The molecule has 3 heteroatoms. The highest BCUT2D eigenvalue weighted by atomic mass is 16.5. The third-order valence-electron chi connectivity index (χ3n) is 2.32. The van der Waals surface area contributed by atoms with Gasteiger partial charge < -0.3 is 4.74 Å². The lowest BCUT2D eigenvalue weighted by molar-refractivity contribution is -0.133. The first kappa shape index (κ1) is 8.94. The Morgan fingerprint density at radius 1 is 1.50 bits per heavy atom. The van der Waals surface area contributed by atoms with E-state index >= 15 is 0 Å². The van der Waals surface area contributed by atoms with Gasteiger partial charge in [0.15, 0.2) is 0 Å². The van der Waals surface area contributed by atoms with Crippen molar-refractivity contribution in [3.63, 3.8) is 0 Å². The van der Waals surface area contributed by atoms with E-state index in [0.29, 0.717) is 12.1 Å². The third kappa shape index (κ3) is 1.31. The van der Waals surface area contributed by atoms with E-state index in [9.17, 15) is 4.79 Å². The molecule has 3 nitrogen and oxygen atoms in total. The minimum Gasteiger partial charge on any atom is -0.466 e. The topological polar surface area (TPSA) is 38.7 Å². The Hall–Kier alpha value is -1.64. The molecule has 2 rings (SSSR count). The van der Waals surface area contributed by atoms with Gasteiger partial charge in [-0.25, -0.2) is 4.79 Å². The van der Waals surface area contributed by atoms with E-state index in [4.69, 9.17) is 4.74 Å². The highest BCUT2D eigenvalue weighted by Gasteiger charge is 2.14. The summed E-state index contributed by atoms with van der Waals surface area (Å²) < 4.78 is 4.69. The Labute approximate surface area is 81.7 Å². The average Bonchev–Trinajstić information content (AvgIpc) is 2.59. The number of hydrogen-bond donors (Lipinski definition) is 0. The van der Waals surface area contributed by atoms with Crippen molar-refractivity contribution in [2.24, 2.45) is 4.99 Å². The summed E-state index contributed by atoms with van der Waals surface area (Å²) in [4.78, 5) is 15.6. The van der Waals surface area contributed by atoms with Crippen molar-refractivity contribution >= 4 is 11.5 Å². The van der Waals surface area contributed by atoms with Crippen molar-refractivity contribution in [3.8, 4) is 0 Å². The molecule has 1 aromatic carbocycles. The van der Waals surface area contributed by atoms with Crippen molar-refractivity contribution in [2.45, 2.75) is 6.92 Å². The molecule has 72 valence electrons. The van der Waals surface area contributed by atoms with Gasteiger partial charge in [-0.2, -0.15) is 0 Å². The predicted octanol–water partition coefficient (Wildman–Crippen LogP) is -0.0481. The molecule has 0 saturated carbocycles. The normalized spacial score (nSPS) is 13.4. The van der Waals surface area contributed by atoms with Gasteiger partial charge in [-0.3, -0.25) is 4.99 Å². The molecule has 0 spiro atoms. The van der Waals surface area contributed by atoms with Gasteiger partial charge in [0.1, 0.15) is 0 Å². The zero-order chi connectivity index (χ0) is 10.1. The quantitative estimate of drug-likeness (QED) is 0.581. The number of hydrogen-bond acceptors (Lipinski definition) is 3. The van der Waals surface area contributed by atoms with Crippen LogP contribution in [-0.4, -0.2) is 19.6 Å². The van der Waals surface area contributed by atoms with Crippen molar-refractivity contribution in [1.82, 2.24) is 0 Å². The molecule has 0 amide bonds. The van der Waals surface area contributed by atoms with Crippen LogP contribution in [0.3, 0.4) is 0 Å². The molecule has 0 unspecified atom stereocenters. The number of rotatable bonds is 1. The molecule has 0 saturated heterocycles. The van der Waals surface area contributed by atoms with Gasteiger partial charge in [0.2, 0.25) is 0 Å². The first-order valence-corrected chi connectivity index (χ1v) is 4.45. The first-order chi connectivity index (χ1) is 6.72. The molecule has 1 aromatic rings. The number of methoxy groups -OCH3 is 1. The molecular weight excluding hydrogens is 178 g/mol. The van der Waals surface area contributed by atoms with Crippen LogP contribution in [0.1, 0.15) is 5.56 Å². The van der Waals surface area contributed by atoms with Gasteiger partial charge in [0.25, 0.3) is 0 Å². The Balaban J connectivity index is 2.70. The summed E-state index contributed by atoms with van der Waals surface area (Å²) in [7, 11) is 1.39. The number of carbonyl (C=O) groups is 1. The summed E-state index contributed by atoms with van der Waals surface area (Å²) in [6.07, 6.45) is 0. The molecule has 0 aromatic heterocycles. The van der Waals surface area contributed by atoms with E-state index in [2.05, 4.69) is 4.99 Å². The Bertz CT molecular complexity index is 503. The summed E-state index contributed by atoms with van der Waals surface area (Å²) in [6, 6.07) is 5.89. The molecule has 0 atom stereocenters. The number of ether oxygens (including phenoxy) is 1. The molecule has 0 bridgehead atoms. The van der Waals surface area contributed by atoms with E-state index in [1.54, 1.807) is 0 Å². The Morgan fingerprint density at radius 3 is 3.00 bits per heavy atom. The molecule has 14 heavy (non-hydrogen) atoms. The van der Waals surface area contributed by atoms with Crippen LogP contribution in [0, 0.1) is 6.92 Å². The highest BCUT2D eigenvalue weighted by molar-refractivity contribution is 6.10. The van der Waals surface area contributed by atoms with E-state index in [1.165, 1.54) is 7.11 Å². The van der Waals surface area contributed by atoms with Crippen LogP contribution in [-0.2, 0) is 9.53 Å². The van der Waals surface area contributed by atoms with E-state index < -0.39 is 0 Å². The van der Waals surface area contributed by atoms with Crippen molar-refractivity contribution < 1.29 is 9.53 Å². The van der Waals surface area contributed by atoms with Gasteiger partial charge in [0, 0.05) is 5.22 Å². The number of aryl methyl sites for hydroxylation is 1. The van der Waals surface area contributed by atoms with Crippen molar-refractivity contribution in [1.29, 1.82) is 0 Å². The van der Waals surface area contributed by atoms with Crippen LogP contribution in [0.25, 0.3) is 5.57 Å². The number of esters is 1. The minimum atomic E-state index is -0.280. The average molecular weight is 189 g/mol. The van der Waals surface area contributed by atoms with Gasteiger partial charge in [-0.1, -0.05) is 11.6 Å². The fraction of sp³-hybridized carbons (Fsp3) is 0.273. The number of fused-ring (bicyclic) bond motifs is 1. The Kier molecular flexibility index (Phi) is 2.08. The van der Waals surface area contributed by atoms with Crippen molar-refractivity contribution in [3.05, 3.63) is 34.3 Å². The summed E-state index contributed by atoms with van der Waals surface area (Å²) >= 11 is 0. The minimum absolute atomic E-state index is 0.280. The highest BCUT2D eigenvalue weighted by Crippen LogP contribution is 2.01. The molecule has 0 fully saturated rings. The number of carbonyl (C=O) groups excluding carboxylic acids is 1. The second kappa shape index (κ2) is 3.25. The van der Waals surface area contributed by atoms with Crippen LogP contribution in [0.2, 0.25) is 0 Å². The maximum absolute atomic E-state index is 11.4. The van der Waals surface area contributed by atoms with E-state index in [0.717, 1.165) is 16.1 Å². The lowest BCUT2D eigenvalue weighted by atomic mass is 10.1. The standard InChI is InChI=1S/C11H11NO2/c1-7-3-4-10-8(5-7)9(6-12-10)11(13)14-2/h3-5H,6H2,1-2H3. The summed E-state index contributed by atoms with van der Waals surface area (Å²) in [5.41, 5.74) is 1.79. The maximum Gasteiger partial charge on any atom is 0.336 e. The monoisotopic (exact) mass is 189 g/mol. The van der Waals surface area contributed by atoms with Crippen LogP contribution < -0.4 is 10.6 Å². The second-order valence-corrected chi connectivity index (χ2v) is 3.31. The first-order valence-electron chi connectivity index (χ1n) is 4.45. The fourth-order valence-electron chi connectivity index (χ4n) is 1.58. The van der Waals surface area contributed by atoms with Crippen molar-refractivity contribution in [2.75, 3.05) is 13.7 Å². The lowest BCUT2D eigenvalue weighted by Crippen LogP contribution is -2.25. The SMILES string of the molecule is COC(=O)C1=c2cc(C)ccc2=NC1. The van der Waals surface area contributed by atoms with Crippen LogP contribution in [0.4, 0.5) is 0 Å². The number of benzene rings is 1. The molecule has 1 aliphatic rings. The zero-order valence-electron chi connectivity index (χ0n) is 8.20. The summed E-state index contributed by atoms with van der Waals surface area (Å²) in [5.74, 6) is -0.280. The molecule has 1 heterocycles. The van der Waals surface area contributed by atoms with Crippen LogP contribution >= 0.6 is 0 Å². The molecule has 0 aliphatic carbocycles. The zero-order valence-corrected chi connectivity index (χ0v) is 8.20. The van der Waals surface area contributed by atoms with E-state index in [-0.39, 0.29) is 5.97 Å². The van der Waals surface area contributed by atoms with Gasteiger partial charge in [-0.15, -0.1) is 0 Å². The Morgan fingerprint density at radius 2 is 2.29 bits per heavy atom. The van der Waals surface area contributed by atoms with Crippen LogP contribution in [0.5, 0.6) is 0 Å². The number of nitrogens with zero attached hydrogens (tertiary/aromatic N) is 1. The van der Waals surface area contributed by atoms with Gasteiger partial charge in [-0.05, 0) is 19.1 Å². The molecule has 0 N–H and O–H groups in total. The fourth-order valence-corrected chi connectivity index (χ4v) is 1.58. The van der Waals surface area contributed by atoms with Crippen LogP contribution in [0.15, 0.2) is 23.2 Å². The predicted molar refractivity (Wildman–Crippen MR) is 52.3 cm³/mol. The lowest BCUT2D eigenvalue weighted by Gasteiger charge is -1.97. The summed E-state index contributed by atoms with van der Waals surface area (Å²) in [6.45, 7) is 2.43. The smallest absolute Gasteiger partial charge is 0.336 e. The summed E-state index contributed by atoms with van der Waals surface area (Å²) in [5, 5.41) is 1.80. The third-order valence-corrected chi connectivity index (χ3v) is 2.32. The van der Waals surface area contributed by atoms with E-state index in [1.807, 2.05) is 25.1 Å².